The Balaban J connectivity index is 1.82. The molecule has 25 heavy (non-hydrogen) atoms. The molecule has 0 unspecified atom stereocenters. The molecule has 0 atom stereocenters. The molecular formula is C19H23ClN2O3. The quantitative estimate of drug-likeness (QED) is 0.729. The highest BCUT2D eigenvalue weighted by atomic mass is 35.5. The van der Waals surface area contributed by atoms with Gasteiger partial charge in [-0.15, -0.1) is 0 Å². The van der Waals surface area contributed by atoms with Gasteiger partial charge in [0.15, 0.2) is 0 Å². The minimum Gasteiger partial charge on any atom is -0.495 e. The fourth-order valence-electron chi connectivity index (χ4n) is 2.06. The van der Waals surface area contributed by atoms with Crippen LogP contribution in [0.4, 0.5) is 11.4 Å². The van der Waals surface area contributed by atoms with Crippen molar-refractivity contribution in [3.05, 3.63) is 47.5 Å². The Bertz CT molecular complexity index is 702. The number of halogens is 1. The lowest BCUT2D eigenvalue weighted by Crippen LogP contribution is -2.21. The molecule has 1 amide bonds. The average molecular weight is 363 g/mol. The number of carbonyl (C=O) groups is 1. The molecule has 2 rings (SSSR count). The Morgan fingerprint density at radius 2 is 1.80 bits per heavy atom. The number of methoxy groups -OCH3 is 1. The number of ether oxygens (including phenoxy) is 2. The van der Waals surface area contributed by atoms with E-state index in [4.69, 9.17) is 21.1 Å². The molecule has 2 N–H and O–H groups in total. The number of hydrogen-bond donors (Lipinski definition) is 2. The first-order chi connectivity index (χ1) is 12.0. The average Bonchev–Trinajstić information content (AvgIpc) is 2.59. The van der Waals surface area contributed by atoms with Crippen LogP contribution in [0.1, 0.15) is 13.8 Å². The summed E-state index contributed by atoms with van der Waals surface area (Å²) in [4.78, 5) is 12.0. The van der Waals surface area contributed by atoms with Gasteiger partial charge in [0.25, 0.3) is 0 Å². The lowest BCUT2D eigenvalue weighted by Gasteiger charge is -2.11. The van der Waals surface area contributed by atoms with E-state index in [0.29, 0.717) is 23.3 Å². The molecule has 0 saturated carbocycles. The molecule has 0 saturated heterocycles. The van der Waals surface area contributed by atoms with Crippen LogP contribution in [0.25, 0.3) is 0 Å². The number of carbonyl (C=O) groups excluding carboxylic acids is 1. The molecule has 0 aromatic heterocycles. The molecule has 0 aliphatic rings. The van der Waals surface area contributed by atoms with Crippen LogP contribution in [-0.2, 0) is 4.79 Å². The van der Waals surface area contributed by atoms with Crippen LogP contribution < -0.4 is 20.1 Å². The number of hydrogen-bond acceptors (Lipinski definition) is 4. The second kappa shape index (κ2) is 9.18. The van der Waals surface area contributed by atoms with Gasteiger partial charge in [0.2, 0.25) is 5.91 Å². The summed E-state index contributed by atoms with van der Waals surface area (Å²) >= 11 is 6.06. The zero-order chi connectivity index (χ0) is 18.2. The lowest BCUT2D eigenvalue weighted by molar-refractivity contribution is -0.114. The third kappa shape index (κ3) is 6.19. The Labute approximate surface area is 153 Å². The van der Waals surface area contributed by atoms with Gasteiger partial charge in [-0.05, 0) is 48.4 Å². The summed E-state index contributed by atoms with van der Waals surface area (Å²) < 4.78 is 10.7. The molecule has 134 valence electrons. The highest BCUT2D eigenvalue weighted by molar-refractivity contribution is 6.32. The smallest absolute Gasteiger partial charge is 0.243 e. The Hall–Kier alpha value is -2.40. The predicted octanol–water partition coefficient (Wildman–Crippen LogP) is 4.43. The predicted molar refractivity (Wildman–Crippen MR) is 102 cm³/mol. The first-order valence-corrected chi connectivity index (χ1v) is 8.46. The minimum atomic E-state index is -0.150. The number of anilines is 2. The molecule has 0 radical (unpaired) electrons. The molecule has 0 aliphatic heterocycles. The van der Waals surface area contributed by atoms with Crippen LogP contribution >= 0.6 is 11.6 Å². The third-order valence-electron chi connectivity index (χ3n) is 3.33. The van der Waals surface area contributed by atoms with E-state index in [1.807, 2.05) is 24.3 Å². The van der Waals surface area contributed by atoms with Crippen molar-refractivity contribution in [2.24, 2.45) is 5.92 Å². The summed E-state index contributed by atoms with van der Waals surface area (Å²) in [5, 5.41) is 6.34. The van der Waals surface area contributed by atoms with E-state index in [-0.39, 0.29) is 12.5 Å². The molecule has 2 aromatic carbocycles. The summed E-state index contributed by atoms with van der Waals surface area (Å²) in [5.74, 6) is 1.70. The Kier molecular flexibility index (Phi) is 6.95. The summed E-state index contributed by atoms with van der Waals surface area (Å²) in [6.07, 6.45) is 0. The third-order valence-corrected chi connectivity index (χ3v) is 3.62. The van der Waals surface area contributed by atoms with E-state index in [2.05, 4.69) is 24.5 Å². The molecule has 2 aromatic rings. The van der Waals surface area contributed by atoms with Crippen LogP contribution in [0.2, 0.25) is 5.02 Å². The standard InChI is InChI=1S/C19H23ClN2O3/c1-13(2)12-25-16-7-4-14(5-8-16)22-19(23)11-21-15-6-9-18(24-3)17(20)10-15/h4-10,13,21H,11-12H2,1-3H3,(H,22,23). The number of rotatable bonds is 8. The first-order valence-electron chi connectivity index (χ1n) is 8.08. The zero-order valence-electron chi connectivity index (χ0n) is 14.6. The van der Waals surface area contributed by atoms with E-state index >= 15 is 0 Å². The number of benzene rings is 2. The summed E-state index contributed by atoms with van der Waals surface area (Å²) in [6, 6.07) is 12.6. The second-order valence-corrected chi connectivity index (χ2v) is 6.39. The van der Waals surface area contributed by atoms with Gasteiger partial charge < -0.3 is 20.1 Å². The molecular weight excluding hydrogens is 340 g/mol. The summed E-state index contributed by atoms with van der Waals surface area (Å²) in [7, 11) is 1.56. The van der Waals surface area contributed by atoms with Crippen LogP contribution in [0.3, 0.4) is 0 Å². The van der Waals surface area contributed by atoms with Crippen LogP contribution in [-0.4, -0.2) is 26.2 Å². The van der Waals surface area contributed by atoms with Gasteiger partial charge in [-0.1, -0.05) is 25.4 Å². The fraction of sp³-hybridized carbons (Fsp3) is 0.316. The van der Waals surface area contributed by atoms with E-state index < -0.39 is 0 Å². The van der Waals surface area contributed by atoms with Gasteiger partial charge in [-0.2, -0.15) is 0 Å². The normalized spacial score (nSPS) is 10.4. The van der Waals surface area contributed by atoms with Crippen molar-refractivity contribution in [1.29, 1.82) is 0 Å². The monoisotopic (exact) mass is 362 g/mol. The molecule has 0 aliphatic carbocycles. The van der Waals surface area contributed by atoms with E-state index in [9.17, 15) is 4.79 Å². The maximum Gasteiger partial charge on any atom is 0.243 e. The number of nitrogens with one attached hydrogen (secondary N) is 2. The highest BCUT2D eigenvalue weighted by Gasteiger charge is 2.05. The van der Waals surface area contributed by atoms with Crippen LogP contribution in [0, 0.1) is 5.92 Å². The molecule has 0 fully saturated rings. The molecule has 0 heterocycles. The van der Waals surface area contributed by atoms with E-state index in [1.54, 1.807) is 25.3 Å². The van der Waals surface area contributed by atoms with Gasteiger partial charge in [-0.25, -0.2) is 0 Å². The first kappa shape index (κ1) is 18.9. The van der Waals surface area contributed by atoms with Gasteiger partial charge in [0, 0.05) is 11.4 Å². The van der Waals surface area contributed by atoms with Crippen molar-refractivity contribution < 1.29 is 14.3 Å². The largest absolute Gasteiger partial charge is 0.495 e. The maximum atomic E-state index is 12.0. The highest BCUT2D eigenvalue weighted by Crippen LogP contribution is 2.27. The SMILES string of the molecule is COc1ccc(NCC(=O)Nc2ccc(OCC(C)C)cc2)cc1Cl. The van der Waals surface area contributed by atoms with Crippen molar-refractivity contribution in [3.63, 3.8) is 0 Å². The van der Waals surface area contributed by atoms with Gasteiger partial charge in [-0.3, -0.25) is 4.79 Å². The minimum absolute atomic E-state index is 0.133. The molecule has 5 nitrogen and oxygen atoms in total. The van der Waals surface area contributed by atoms with Gasteiger partial charge in [0.1, 0.15) is 11.5 Å². The Morgan fingerprint density at radius 3 is 2.40 bits per heavy atom. The van der Waals surface area contributed by atoms with E-state index in [1.165, 1.54) is 0 Å². The van der Waals surface area contributed by atoms with Crippen molar-refractivity contribution in [2.45, 2.75) is 13.8 Å². The molecule has 6 heteroatoms. The van der Waals surface area contributed by atoms with Crippen molar-refractivity contribution in [3.8, 4) is 11.5 Å². The topological polar surface area (TPSA) is 59.6 Å². The number of amides is 1. The van der Waals surface area contributed by atoms with Crippen molar-refractivity contribution >= 4 is 28.9 Å². The maximum absolute atomic E-state index is 12.0. The zero-order valence-corrected chi connectivity index (χ0v) is 15.4. The summed E-state index contributed by atoms with van der Waals surface area (Å²) in [5.41, 5.74) is 1.47. The summed E-state index contributed by atoms with van der Waals surface area (Å²) in [6.45, 7) is 4.99. The molecule has 0 spiro atoms. The van der Waals surface area contributed by atoms with Gasteiger partial charge >= 0.3 is 0 Å². The van der Waals surface area contributed by atoms with Crippen LogP contribution in [0.15, 0.2) is 42.5 Å². The fourth-order valence-corrected chi connectivity index (χ4v) is 2.32. The van der Waals surface area contributed by atoms with Gasteiger partial charge in [0.05, 0.1) is 25.3 Å². The van der Waals surface area contributed by atoms with Crippen molar-refractivity contribution in [1.82, 2.24) is 0 Å². The second-order valence-electron chi connectivity index (χ2n) is 5.98. The van der Waals surface area contributed by atoms with E-state index in [0.717, 1.165) is 17.1 Å². The Morgan fingerprint density at radius 1 is 1.12 bits per heavy atom. The van der Waals surface area contributed by atoms with Crippen molar-refractivity contribution in [2.75, 3.05) is 30.9 Å². The molecule has 0 bridgehead atoms. The van der Waals surface area contributed by atoms with Crippen LogP contribution in [0.5, 0.6) is 11.5 Å². The lowest BCUT2D eigenvalue weighted by atomic mass is 10.2.